The van der Waals surface area contributed by atoms with Crippen LogP contribution < -0.4 is 59.1 Å². The third-order valence-corrected chi connectivity index (χ3v) is 5.85. The van der Waals surface area contributed by atoms with Crippen LogP contribution in [-0.4, -0.2) is 25.9 Å². The monoisotopic (exact) mass is 416 g/mol. The fraction of sp³-hybridized carbons (Fsp3) is 0.375. The predicted octanol–water partition coefficient (Wildman–Crippen LogP) is -3.44. The minimum atomic E-state index is -5.14. The van der Waals surface area contributed by atoms with Gasteiger partial charge in [-0.3, -0.25) is 0 Å². The Balaban J connectivity index is 0.00000312. The minimum absolute atomic E-state index is 0. The van der Waals surface area contributed by atoms with Gasteiger partial charge in [-0.05, 0) is 29.4 Å². The summed E-state index contributed by atoms with van der Waals surface area (Å²) in [5, 5.41) is 0.495. The van der Waals surface area contributed by atoms with Crippen LogP contribution in [0, 0.1) is 0 Å². The maximum absolute atomic E-state index is 11.8. The van der Waals surface area contributed by atoms with Crippen molar-refractivity contribution in [1.29, 1.82) is 0 Å². The van der Waals surface area contributed by atoms with Crippen molar-refractivity contribution in [3.8, 4) is 0 Å². The van der Waals surface area contributed by atoms with Crippen molar-refractivity contribution in [3.05, 3.63) is 35.4 Å². The third kappa shape index (κ3) is 5.53. The molecule has 0 aromatic heterocycles. The van der Waals surface area contributed by atoms with Crippen molar-refractivity contribution in [3.63, 3.8) is 0 Å². The molecule has 0 fully saturated rings. The number of hydrogen-bond donors (Lipinski definition) is 0. The van der Waals surface area contributed by atoms with Crippen LogP contribution >= 0.6 is 0 Å². The van der Waals surface area contributed by atoms with Crippen LogP contribution in [0.3, 0.4) is 0 Å². The van der Waals surface area contributed by atoms with Crippen LogP contribution in [0.25, 0.3) is 10.8 Å². The van der Waals surface area contributed by atoms with E-state index in [2.05, 4.69) is 0 Å². The van der Waals surface area contributed by atoms with Crippen molar-refractivity contribution in [2.75, 3.05) is 0 Å². The quantitative estimate of drug-likeness (QED) is 0.358. The van der Waals surface area contributed by atoms with Gasteiger partial charge in [0.2, 0.25) is 0 Å². The fourth-order valence-corrected chi connectivity index (χ4v) is 5.34. The normalized spacial score (nSPS) is 11.7. The number of fused-ring (bicyclic) bond motifs is 1. The molecule has 0 unspecified atom stereocenters. The standard InChI is InChI=1S/C16H20O6S2.2Na/c1-3-7-11-12-9-5-6-10-14(12)16(24(20,21)22)15(23(17,18)19)13(11)8-4-2;;/h5-6,9-10H,3-4,7-8H2,1-2H3,(H,17,18,19)(H,20,21,22);;/q;2*+1/p-2. The van der Waals surface area contributed by atoms with Crippen LogP contribution in [0.4, 0.5) is 0 Å². The molecule has 2 aromatic carbocycles. The Morgan fingerprint density at radius 1 is 0.731 bits per heavy atom. The second-order valence-corrected chi connectivity index (χ2v) is 8.20. The van der Waals surface area contributed by atoms with Gasteiger partial charge in [-0.15, -0.1) is 0 Å². The summed E-state index contributed by atoms with van der Waals surface area (Å²) in [5.74, 6) is 0. The van der Waals surface area contributed by atoms with Crippen molar-refractivity contribution in [1.82, 2.24) is 0 Å². The molecule has 26 heavy (non-hydrogen) atoms. The van der Waals surface area contributed by atoms with E-state index in [1.807, 2.05) is 6.92 Å². The van der Waals surface area contributed by atoms with E-state index in [4.69, 9.17) is 0 Å². The zero-order valence-electron chi connectivity index (χ0n) is 15.4. The summed E-state index contributed by atoms with van der Waals surface area (Å²) in [6, 6.07) is 6.20. The van der Waals surface area contributed by atoms with Gasteiger partial charge in [0.15, 0.2) is 0 Å². The predicted molar refractivity (Wildman–Crippen MR) is 87.9 cm³/mol. The van der Waals surface area contributed by atoms with Gasteiger partial charge in [-0.25, -0.2) is 16.8 Å². The Bertz CT molecular complexity index is 985. The molecule has 0 aliphatic carbocycles. The number of aryl methyl sites for hydroxylation is 1. The van der Waals surface area contributed by atoms with Gasteiger partial charge in [0, 0.05) is 5.39 Å². The Labute approximate surface area is 198 Å². The maximum Gasteiger partial charge on any atom is 1.00 e. The first-order chi connectivity index (χ1) is 11.1. The van der Waals surface area contributed by atoms with Crippen molar-refractivity contribution >= 4 is 31.0 Å². The molecule has 0 N–H and O–H groups in total. The molecule has 0 heterocycles. The maximum atomic E-state index is 11.8. The van der Waals surface area contributed by atoms with Crippen molar-refractivity contribution < 1.29 is 85.1 Å². The van der Waals surface area contributed by atoms with E-state index >= 15 is 0 Å². The molecular weight excluding hydrogens is 398 g/mol. The van der Waals surface area contributed by atoms with Crippen LogP contribution in [0.1, 0.15) is 37.8 Å². The molecule has 10 heteroatoms. The molecule has 6 nitrogen and oxygen atoms in total. The van der Waals surface area contributed by atoms with E-state index in [1.165, 1.54) is 12.1 Å². The molecule has 0 aliphatic rings. The summed E-state index contributed by atoms with van der Waals surface area (Å²) in [6.45, 7) is 3.69. The number of benzene rings is 2. The molecule has 2 rings (SSSR count). The fourth-order valence-electron chi connectivity index (χ4n) is 3.07. The first-order valence-electron chi connectivity index (χ1n) is 7.61. The second-order valence-electron chi connectivity index (χ2n) is 5.57. The van der Waals surface area contributed by atoms with Crippen LogP contribution in [0.15, 0.2) is 34.1 Å². The van der Waals surface area contributed by atoms with E-state index in [1.54, 1.807) is 19.1 Å². The average Bonchev–Trinajstić information content (AvgIpc) is 2.46. The van der Waals surface area contributed by atoms with Gasteiger partial charge in [0.05, 0.1) is 9.79 Å². The molecule has 132 valence electrons. The van der Waals surface area contributed by atoms with Crippen LogP contribution in [-0.2, 0) is 33.1 Å². The molecular formula is C16H18Na2O6S2. The molecule has 0 bridgehead atoms. The molecule has 0 amide bonds. The third-order valence-electron chi connectivity index (χ3n) is 3.84. The van der Waals surface area contributed by atoms with Gasteiger partial charge in [-0.1, -0.05) is 51.0 Å². The molecule has 0 aliphatic heterocycles. The summed E-state index contributed by atoms with van der Waals surface area (Å²) in [7, 11) is -10.3. The number of hydrogen-bond acceptors (Lipinski definition) is 6. The van der Waals surface area contributed by atoms with Crippen LogP contribution in [0.5, 0.6) is 0 Å². The smallest absolute Gasteiger partial charge is 0.744 e. The number of rotatable bonds is 6. The zero-order valence-corrected chi connectivity index (χ0v) is 21.0. The first kappa shape index (κ1) is 26.5. The molecule has 0 atom stereocenters. The largest absolute Gasteiger partial charge is 1.00 e. The van der Waals surface area contributed by atoms with E-state index in [-0.39, 0.29) is 76.5 Å². The van der Waals surface area contributed by atoms with Gasteiger partial charge in [-0.2, -0.15) is 0 Å². The Hall–Kier alpha value is 0.520. The first-order valence-corrected chi connectivity index (χ1v) is 10.4. The molecule has 0 saturated carbocycles. The summed E-state index contributed by atoms with van der Waals surface area (Å²) >= 11 is 0. The van der Waals surface area contributed by atoms with E-state index in [9.17, 15) is 25.9 Å². The average molecular weight is 416 g/mol. The minimum Gasteiger partial charge on any atom is -0.744 e. The van der Waals surface area contributed by atoms with Gasteiger partial charge in [0.25, 0.3) is 0 Å². The Kier molecular flexibility index (Phi) is 10.5. The van der Waals surface area contributed by atoms with Crippen LogP contribution in [0.2, 0.25) is 0 Å². The molecule has 0 saturated heterocycles. The van der Waals surface area contributed by atoms with E-state index < -0.39 is 30.0 Å². The van der Waals surface area contributed by atoms with E-state index in [0.29, 0.717) is 30.2 Å². The zero-order chi connectivity index (χ0) is 18.1. The molecule has 0 spiro atoms. The van der Waals surface area contributed by atoms with Crippen molar-refractivity contribution in [2.45, 2.75) is 49.3 Å². The summed E-state index contributed by atoms with van der Waals surface area (Å²) in [6.07, 6.45) is 1.88. The van der Waals surface area contributed by atoms with Gasteiger partial charge in [0.1, 0.15) is 20.2 Å². The topological polar surface area (TPSA) is 114 Å². The van der Waals surface area contributed by atoms with Crippen molar-refractivity contribution in [2.24, 2.45) is 0 Å². The molecule has 2 aromatic rings. The summed E-state index contributed by atoms with van der Waals surface area (Å²) in [5.41, 5.74) is 0.777. The summed E-state index contributed by atoms with van der Waals surface area (Å²) in [4.78, 5) is -1.79. The Morgan fingerprint density at radius 3 is 1.58 bits per heavy atom. The van der Waals surface area contributed by atoms with E-state index in [0.717, 1.165) is 0 Å². The Morgan fingerprint density at radius 2 is 1.15 bits per heavy atom. The van der Waals surface area contributed by atoms with Gasteiger partial charge >= 0.3 is 59.1 Å². The SMILES string of the molecule is CCCc1c(S(=O)(=O)[O-])c(S(=O)(=O)[O-])c2ccccc2c1CCC.[Na+].[Na+]. The van der Waals surface area contributed by atoms with Gasteiger partial charge < -0.3 is 9.11 Å². The second kappa shape index (κ2) is 10.3. The summed E-state index contributed by atoms with van der Waals surface area (Å²) < 4.78 is 70.9. The molecule has 0 radical (unpaired) electrons.